The normalized spacial score (nSPS) is 14.1. The number of esters is 1. The summed E-state index contributed by atoms with van der Waals surface area (Å²) in [5.41, 5.74) is -0.475. The highest BCUT2D eigenvalue weighted by molar-refractivity contribution is 6.09. The zero-order valence-electron chi connectivity index (χ0n) is 13.7. The molecule has 6 nitrogen and oxygen atoms in total. The lowest BCUT2D eigenvalue weighted by molar-refractivity contribution is -0.120. The number of ether oxygens (including phenoxy) is 1. The van der Waals surface area contributed by atoms with Gasteiger partial charge < -0.3 is 4.74 Å². The largest absolute Gasteiger partial charge is 0.416 e. The van der Waals surface area contributed by atoms with Gasteiger partial charge >= 0.3 is 12.0 Å². The molecule has 1 fully saturated rings. The van der Waals surface area contributed by atoms with E-state index in [1.807, 2.05) is 5.32 Å². The van der Waals surface area contributed by atoms with E-state index in [0.717, 1.165) is 11.0 Å². The molecule has 1 N–H and O–H groups in total. The van der Waals surface area contributed by atoms with Crippen molar-refractivity contribution in [1.82, 2.24) is 5.32 Å². The van der Waals surface area contributed by atoms with E-state index in [2.05, 4.69) is 4.74 Å². The molecule has 3 rings (SSSR count). The lowest BCUT2D eigenvalue weighted by Crippen LogP contribution is -2.50. The highest BCUT2D eigenvalue weighted by Crippen LogP contribution is 2.31. The van der Waals surface area contributed by atoms with Gasteiger partial charge in [0, 0.05) is 13.0 Å². The maximum absolute atomic E-state index is 13.7. The number of halogens is 5. The van der Waals surface area contributed by atoms with Crippen LogP contribution in [0, 0.1) is 29.1 Å². The topological polar surface area (TPSA) is 75.7 Å². The predicted molar refractivity (Wildman–Crippen MR) is 83.1 cm³/mol. The molecule has 0 aromatic heterocycles. The summed E-state index contributed by atoms with van der Waals surface area (Å²) < 4.78 is 71.5. The summed E-state index contributed by atoms with van der Waals surface area (Å²) in [4.78, 5) is 36.5. The number of carbonyl (C=O) groups excluding carboxylic acids is 3. The molecule has 0 unspecified atom stereocenters. The molecule has 1 aliphatic heterocycles. The molecule has 3 amide bonds. The Morgan fingerprint density at radius 3 is 2.11 bits per heavy atom. The number of nitrogens with one attached hydrogen (secondary N) is 1. The molecular weight excluding hydrogens is 391 g/mol. The molecule has 146 valence electrons. The molecule has 0 radical (unpaired) electrons. The van der Waals surface area contributed by atoms with Gasteiger partial charge in [0.2, 0.25) is 40.7 Å². The highest BCUT2D eigenvalue weighted by atomic mass is 19.2. The van der Waals surface area contributed by atoms with Crippen molar-refractivity contribution in [2.45, 2.75) is 6.42 Å². The SMILES string of the molecule is O=C1CCN(c2ccccc2C(=O)Oc2c(F)c(F)c(F)c(F)c2F)C(=O)N1. The fourth-order valence-corrected chi connectivity index (χ4v) is 2.50. The van der Waals surface area contributed by atoms with Crippen LogP contribution in [-0.4, -0.2) is 24.5 Å². The van der Waals surface area contributed by atoms with E-state index in [4.69, 9.17) is 0 Å². The van der Waals surface area contributed by atoms with Crippen molar-refractivity contribution in [3.8, 4) is 5.75 Å². The Balaban J connectivity index is 1.98. The number of rotatable bonds is 3. The number of imide groups is 1. The van der Waals surface area contributed by atoms with Crippen molar-refractivity contribution in [3.05, 3.63) is 58.9 Å². The molecule has 0 spiro atoms. The molecule has 1 heterocycles. The monoisotopic (exact) mass is 400 g/mol. The van der Waals surface area contributed by atoms with E-state index < -0.39 is 58.3 Å². The highest BCUT2D eigenvalue weighted by Gasteiger charge is 2.31. The van der Waals surface area contributed by atoms with E-state index in [1.165, 1.54) is 18.2 Å². The molecule has 1 saturated heterocycles. The van der Waals surface area contributed by atoms with E-state index in [0.29, 0.717) is 0 Å². The van der Waals surface area contributed by atoms with Gasteiger partial charge in [-0.05, 0) is 12.1 Å². The van der Waals surface area contributed by atoms with Crippen LogP contribution in [0.4, 0.5) is 32.4 Å². The summed E-state index contributed by atoms with van der Waals surface area (Å²) in [6.07, 6.45) is -0.0766. The second-order valence-electron chi connectivity index (χ2n) is 5.56. The Labute approximate surface area is 153 Å². The quantitative estimate of drug-likeness (QED) is 0.283. The number of carbonyl (C=O) groups is 3. The summed E-state index contributed by atoms with van der Waals surface area (Å²) >= 11 is 0. The number of amides is 3. The summed E-state index contributed by atoms with van der Waals surface area (Å²) in [7, 11) is 0. The van der Waals surface area contributed by atoms with E-state index in [1.54, 1.807) is 0 Å². The van der Waals surface area contributed by atoms with E-state index in [9.17, 15) is 36.3 Å². The Morgan fingerprint density at radius 1 is 0.929 bits per heavy atom. The van der Waals surface area contributed by atoms with Crippen molar-refractivity contribution in [2.24, 2.45) is 0 Å². The number of urea groups is 1. The van der Waals surface area contributed by atoms with Crippen molar-refractivity contribution >= 4 is 23.6 Å². The zero-order valence-corrected chi connectivity index (χ0v) is 13.7. The Hall–Kier alpha value is -3.50. The van der Waals surface area contributed by atoms with Gasteiger partial charge in [-0.2, -0.15) is 8.78 Å². The third kappa shape index (κ3) is 3.26. The first-order valence-corrected chi connectivity index (χ1v) is 7.66. The number of benzene rings is 2. The average Bonchev–Trinajstić information content (AvgIpc) is 2.68. The predicted octanol–water partition coefficient (Wildman–Crippen LogP) is 3.05. The second-order valence-corrected chi connectivity index (χ2v) is 5.56. The molecule has 0 saturated carbocycles. The van der Waals surface area contributed by atoms with E-state index >= 15 is 0 Å². The molecule has 11 heteroatoms. The van der Waals surface area contributed by atoms with Crippen molar-refractivity contribution in [2.75, 3.05) is 11.4 Å². The van der Waals surface area contributed by atoms with Gasteiger partial charge in [-0.25, -0.2) is 22.8 Å². The van der Waals surface area contributed by atoms with Gasteiger partial charge in [-0.3, -0.25) is 15.0 Å². The van der Waals surface area contributed by atoms with Crippen LogP contribution < -0.4 is 15.0 Å². The van der Waals surface area contributed by atoms with Gasteiger partial charge in [-0.1, -0.05) is 12.1 Å². The standard InChI is InChI=1S/C17H9F5N2O4/c18-10-11(19)13(21)15(14(22)12(10)20)28-16(26)7-3-1-2-4-8(7)24-6-5-9(25)23-17(24)27/h1-4H,5-6H2,(H,23,25,27). The van der Waals surface area contributed by atoms with Crippen LogP contribution >= 0.6 is 0 Å². The van der Waals surface area contributed by atoms with Gasteiger partial charge in [0.1, 0.15) is 0 Å². The molecule has 2 aromatic carbocycles. The Bertz CT molecular complexity index is 982. The van der Waals surface area contributed by atoms with Crippen molar-refractivity contribution < 1.29 is 41.1 Å². The first-order valence-electron chi connectivity index (χ1n) is 7.66. The molecule has 1 aliphatic rings. The Morgan fingerprint density at radius 2 is 1.50 bits per heavy atom. The van der Waals surface area contributed by atoms with Crippen LogP contribution in [-0.2, 0) is 4.79 Å². The Kier molecular flexibility index (Phi) is 4.99. The lowest BCUT2D eigenvalue weighted by atomic mass is 10.1. The number of hydrogen-bond acceptors (Lipinski definition) is 4. The first-order chi connectivity index (χ1) is 13.2. The molecular formula is C17H9F5N2O4. The van der Waals surface area contributed by atoms with Crippen LogP contribution in [0.25, 0.3) is 0 Å². The van der Waals surface area contributed by atoms with Crippen LogP contribution in [0.15, 0.2) is 24.3 Å². The van der Waals surface area contributed by atoms with Crippen LogP contribution in [0.1, 0.15) is 16.8 Å². The number of hydrogen-bond donors (Lipinski definition) is 1. The second kappa shape index (κ2) is 7.25. The maximum atomic E-state index is 13.7. The summed E-state index contributed by atoms with van der Waals surface area (Å²) in [5.74, 6) is -15.4. The minimum Gasteiger partial charge on any atom is -0.416 e. The van der Waals surface area contributed by atoms with Gasteiger partial charge in [0.05, 0.1) is 11.3 Å². The van der Waals surface area contributed by atoms with E-state index in [-0.39, 0.29) is 18.7 Å². The molecule has 2 aromatic rings. The smallest absolute Gasteiger partial charge is 0.345 e. The summed E-state index contributed by atoms with van der Waals surface area (Å²) in [6.45, 7) is -0.0997. The summed E-state index contributed by atoms with van der Waals surface area (Å²) in [5, 5.41) is 2.02. The lowest BCUT2D eigenvalue weighted by Gasteiger charge is -2.27. The fourth-order valence-electron chi connectivity index (χ4n) is 2.50. The number of nitrogens with zero attached hydrogens (tertiary/aromatic N) is 1. The minimum atomic E-state index is -2.40. The zero-order chi connectivity index (χ0) is 20.6. The first kappa shape index (κ1) is 19.3. The van der Waals surface area contributed by atoms with Gasteiger partial charge in [-0.15, -0.1) is 0 Å². The van der Waals surface area contributed by atoms with Gasteiger partial charge in [0.25, 0.3) is 0 Å². The third-order valence-electron chi connectivity index (χ3n) is 3.83. The molecule has 0 aliphatic carbocycles. The average molecular weight is 400 g/mol. The number of para-hydroxylation sites is 1. The van der Waals surface area contributed by atoms with Crippen LogP contribution in [0.5, 0.6) is 5.75 Å². The van der Waals surface area contributed by atoms with Gasteiger partial charge in [0.15, 0.2) is 0 Å². The molecule has 0 atom stereocenters. The summed E-state index contributed by atoms with van der Waals surface area (Å²) in [6, 6.07) is 4.30. The number of anilines is 1. The maximum Gasteiger partial charge on any atom is 0.345 e. The fraction of sp³-hybridized carbons (Fsp3) is 0.118. The van der Waals surface area contributed by atoms with Crippen LogP contribution in [0.2, 0.25) is 0 Å². The van der Waals surface area contributed by atoms with Crippen LogP contribution in [0.3, 0.4) is 0 Å². The third-order valence-corrected chi connectivity index (χ3v) is 3.83. The van der Waals surface area contributed by atoms with Crippen molar-refractivity contribution in [3.63, 3.8) is 0 Å². The molecule has 28 heavy (non-hydrogen) atoms. The van der Waals surface area contributed by atoms with Crippen molar-refractivity contribution in [1.29, 1.82) is 0 Å². The minimum absolute atomic E-state index is 0.0766. The molecule has 0 bridgehead atoms.